The van der Waals surface area contributed by atoms with Gasteiger partial charge in [-0.3, -0.25) is 0 Å². The van der Waals surface area contributed by atoms with Crippen LogP contribution in [0.25, 0.3) is 0 Å². The number of unbranched alkanes of at least 4 members (excludes halogenated alkanes) is 1. The van der Waals surface area contributed by atoms with Crippen LogP contribution in [0.5, 0.6) is 5.88 Å². The molecule has 0 amide bonds. The van der Waals surface area contributed by atoms with Crippen molar-refractivity contribution in [3.8, 4) is 5.88 Å². The van der Waals surface area contributed by atoms with Crippen LogP contribution in [0.2, 0.25) is 0 Å². The second-order valence-corrected chi connectivity index (χ2v) is 2.97. The number of hydrogen-bond donors (Lipinski definition) is 1. The fourth-order valence-electron chi connectivity index (χ4n) is 1.02. The lowest BCUT2D eigenvalue weighted by Gasteiger charge is -2.05. The molecule has 14 heavy (non-hydrogen) atoms. The van der Waals surface area contributed by atoms with Gasteiger partial charge in [0.2, 0.25) is 5.88 Å². The van der Waals surface area contributed by atoms with Gasteiger partial charge in [0.15, 0.2) is 0 Å². The van der Waals surface area contributed by atoms with E-state index in [1.807, 2.05) is 13.0 Å². The Morgan fingerprint density at radius 1 is 1.36 bits per heavy atom. The minimum Gasteiger partial charge on any atom is -0.478 e. The molecule has 4 heteroatoms. The van der Waals surface area contributed by atoms with Gasteiger partial charge in [-0.1, -0.05) is 13.3 Å². The highest BCUT2D eigenvalue weighted by Crippen LogP contribution is 2.10. The van der Waals surface area contributed by atoms with Gasteiger partial charge in [0.1, 0.15) is 12.1 Å². The van der Waals surface area contributed by atoms with Crippen LogP contribution in [0.1, 0.15) is 26.7 Å². The highest BCUT2D eigenvalue weighted by atomic mass is 16.5. The summed E-state index contributed by atoms with van der Waals surface area (Å²) in [5, 5.41) is 3.11. The zero-order valence-corrected chi connectivity index (χ0v) is 8.79. The van der Waals surface area contributed by atoms with Crippen molar-refractivity contribution in [3.05, 3.63) is 12.4 Å². The van der Waals surface area contributed by atoms with E-state index in [0.717, 1.165) is 31.8 Å². The van der Waals surface area contributed by atoms with E-state index in [1.54, 1.807) is 0 Å². The summed E-state index contributed by atoms with van der Waals surface area (Å²) in [6, 6.07) is 1.82. The predicted molar refractivity (Wildman–Crippen MR) is 56.6 cm³/mol. The zero-order chi connectivity index (χ0) is 10.2. The quantitative estimate of drug-likeness (QED) is 0.706. The van der Waals surface area contributed by atoms with Crippen molar-refractivity contribution >= 4 is 5.82 Å². The van der Waals surface area contributed by atoms with E-state index >= 15 is 0 Å². The van der Waals surface area contributed by atoms with Crippen molar-refractivity contribution in [1.82, 2.24) is 9.97 Å². The average Bonchev–Trinajstić information content (AvgIpc) is 2.19. The van der Waals surface area contributed by atoms with Crippen LogP contribution in [0.4, 0.5) is 5.82 Å². The molecular formula is C10H17N3O. The fraction of sp³-hybridized carbons (Fsp3) is 0.600. The van der Waals surface area contributed by atoms with Gasteiger partial charge in [-0.2, -0.15) is 0 Å². The van der Waals surface area contributed by atoms with Gasteiger partial charge in [-0.25, -0.2) is 9.97 Å². The molecule has 0 aliphatic heterocycles. The topological polar surface area (TPSA) is 47.0 Å². The number of ether oxygens (including phenoxy) is 1. The molecule has 78 valence electrons. The lowest BCUT2D eigenvalue weighted by atomic mass is 10.4. The summed E-state index contributed by atoms with van der Waals surface area (Å²) in [6.45, 7) is 5.73. The van der Waals surface area contributed by atoms with Crippen LogP contribution in [-0.2, 0) is 0 Å². The van der Waals surface area contributed by atoms with Crippen molar-refractivity contribution in [2.45, 2.75) is 26.7 Å². The Balaban J connectivity index is 2.46. The maximum Gasteiger partial charge on any atom is 0.218 e. The van der Waals surface area contributed by atoms with Crippen molar-refractivity contribution in [1.29, 1.82) is 0 Å². The van der Waals surface area contributed by atoms with Gasteiger partial charge < -0.3 is 10.1 Å². The second-order valence-electron chi connectivity index (χ2n) is 2.97. The first-order chi connectivity index (χ1) is 6.86. The molecular weight excluding hydrogens is 178 g/mol. The van der Waals surface area contributed by atoms with Gasteiger partial charge in [0.05, 0.1) is 6.61 Å². The molecule has 0 unspecified atom stereocenters. The van der Waals surface area contributed by atoms with Crippen LogP contribution in [0.15, 0.2) is 12.4 Å². The SMILES string of the molecule is CCCCOc1cc(NCC)ncn1. The van der Waals surface area contributed by atoms with Gasteiger partial charge >= 0.3 is 0 Å². The van der Waals surface area contributed by atoms with Crippen molar-refractivity contribution in [2.24, 2.45) is 0 Å². The molecule has 1 N–H and O–H groups in total. The van der Waals surface area contributed by atoms with E-state index in [0.29, 0.717) is 5.88 Å². The lowest BCUT2D eigenvalue weighted by Crippen LogP contribution is -2.02. The van der Waals surface area contributed by atoms with Gasteiger partial charge in [0, 0.05) is 12.6 Å². The largest absolute Gasteiger partial charge is 0.478 e. The maximum atomic E-state index is 5.44. The third-order valence-electron chi connectivity index (χ3n) is 1.75. The first-order valence-electron chi connectivity index (χ1n) is 5.05. The van der Waals surface area contributed by atoms with E-state index in [9.17, 15) is 0 Å². The highest BCUT2D eigenvalue weighted by Gasteiger charge is 1.97. The summed E-state index contributed by atoms with van der Waals surface area (Å²) in [4.78, 5) is 8.08. The van der Waals surface area contributed by atoms with Crippen LogP contribution in [-0.4, -0.2) is 23.1 Å². The van der Waals surface area contributed by atoms with Gasteiger partial charge in [-0.15, -0.1) is 0 Å². The molecule has 1 aromatic heterocycles. The number of nitrogens with zero attached hydrogens (tertiary/aromatic N) is 2. The standard InChI is InChI=1S/C10H17N3O/c1-3-5-6-14-10-7-9(11-4-2)12-8-13-10/h7-8H,3-6H2,1-2H3,(H,11,12,13). The fourth-order valence-corrected chi connectivity index (χ4v) is 1.02. The molecule has 0 saturated heterocycles. The molecule has 0 bridgehead atoms. The number of nitrogens with one attached hydrogen (secondary N) is 1. The van der Waals surface area contributed by atoms with E-state index < -0.39 is 0 Å². The Hall–Kier alpha value is -1.32. The summed E-state index contributed by atoms with van der Waals surface area (Å²) in [5.41, 5.74) is 0. The first kappa shape index (κ1) is 10.8. The summed E-state index contributed by atoms with van der Waals surface area (Å²) in [6.07, 6.45) is 3.70. The summed E-state index contributed by atoms with van der Waals surface area (Å²) in [5.74, 6) is 1.46. The van der Waals surface area contributed by atoms with Crippen molar-refractivity contribution < 1.29 is 4.74 Å². The lowest BCUT2D eigenvalue weighted by molar-refractivity contribution is 0.297. The molecule has 0 atom stereocenters. The molecule has 0 aromatic carbocycles. The number of anilines is 1. The molecule has 0 spiro atoms. The van der Waals surface area contributed by atoms with Gasteiger partial charge in [0.25, 0.3) is 0 Å². The summed E-state index contributed by atoms with van der Waals surface area (Å²) in [7, 11) is 0. The highest BCUT2D eigenvalue weighted by molar-refractivity contribution is 5.36. The number of hydrogen-bond acceptors (Lipinski definition) is 4. The van der Waals surface area contributed by atoms with Crippen LogP contribution in [0.3, 0.4) is 0 Å². The van der Waals surface area contributed by atoms with Crippen LogP contribution in [0, 0.1) is 0 Å². The maximum absolute atomic E-state index is 5.44. The summed E-state index contributed by atoms with van der Waals surface area (Å²) >= 11 is 0. The molecule has 0 fully saturated rings. The smallest absolute Gasteiger partial charge is 0.218 e. The minimum absolute atomic E-state index is 0.643. The summed E-state index contributed by atoms with van der Waals surface area (Å²) < 4.78 is 5.44. The second kappa shape index (κ2) is 6.18. The normalized spacial score (nSPS) is 9.86. The Labute approximate surface area is 84.7 Å². The molecule has 1 heterocycles. The molecule has 4 nitrogen and oxygen atoms in total. The van der Waals surface area contributed by atoms with Crippen molar-refractivity contribution in [2.75, 3.05) is 18.5 Å². The molecule has 1 aromatic rings. The third kappa shape index (κ3) is 3.60. The first-order valence-corrected chi connectivity index (χ1v) is 5.05. The Morgan fingerprint density at radius 2 is 2.21 bits per heavy atom. The van der Waals surface area contributed by atoms with E-state index in [4.69, 9.17) is 4.74 Å². The Kier molecular flexibility index (Phi) is 4.75. The molecule has 1 rings (SSSR count). The number of rotatable bonds is 6. The van der Waals surface area contributed by atoms with Gasteiger partial charge in [-0.05, 0) is 13.3 Å². The molecule has 0 aliphatic rings. The Morgan fingerprint density at radius 3 is 2.93 bits per heavy atom. The third-order valence-corrected chi connectivity index (χ3v) is 1.75. The monoisotopic (exact) mass is 195 g/mol. The van der Waals surface area contributed by atoms with Crippen LogP contribution < -0.4 is 10.1 Å². The van der Waals surface area contributed by atoms with E-state index in [2.05, 4.69) is 22.2 Å². The average molecular weight is 195 g/mol. The molecule has 0 radical (unpaired) electrons. The van der Waals surface area contributed by atoms with E-state index in [-0.39, 0.29) is 0 Å². The van der Waals surface area contributed by atoms with E-state index in [1.165, 1.54) is 6.33 Å². The number of aromatic nitrogens is 2. The van der Waals surface area contributed by atoms with Crippen LogP contribution >= 0.6 is 0 Å². The van der Waals surface area contributed by atoms with Crippen molar-refractivity contribution in [3.63, 3.8) is 0 Å². The predicted octanol–water partition coefficient (Wildman–Crippen LogP) is 2.09. The molecule has 0 saturated carbocycles. The molecule has 0 aliphatic carbocycles. The minimum atomic E-state index is 0.643. The Bertz CT molecular complexity index is 265. The zero-order valence-electron chi connectivity index (χ0n) is 8.79.